The molecule has 4 nitrogen and oxygen atoms in total. The maximum atomic E-state index is 14.3. The highest BCUT2D eigenvalue weighted by Crippen LogP contribution is 2.46. The molecule has 0 bridgehead atoms. The monoisotopic (exact) mass is 541 g/mol. The Morgan fingerprint density at radius 3 is 2.44 bits per heavy atom. The number of fused-ring (bicyclic) bond motifs is 2. The summed E-state index contributed by atoms with van der Waals surface area (Å²) in [7, 11) is 0. The van der Waals surface area contributed by atoms with Crippen molar-refractivity contribution in [2.45, 2.75) is 63.3 Å². The van der Waals surface area contributed by atoms with Gasteiger partial charge in [0.15, 0.2) is 0 Å². The van der Waals surface area contributed by atoms with Gasteiger partial charge in [0.1, 0.15) is 18.2 Å². The van der Waals surface area contributed by atoms with E-state index in [1.54, 1.807) is 6.07 Å². The molecule has 1 saturated heterocycles. The van der Waals surface area contributed by atoms with E-state index in [-0.39, 0.29) is 48.3 Å². The Balaban J connectivity index is 1.23. The summed E-state index contributed by atoms with van der Waals surface area (Å²) >= 11 is 0. The maximum absolute atomic E-state index is 14.3. The average Bonchev–Trinajstić information content (AvgIpc) is 3.26. The second-order valence-corrected chi connectivity index (χ2v) is 10.6. The lowest BCUT2D eigenvalue weighted by Crippen LogP contribution is -2.41. The molecule has 1 aliphatic heterocycles. The third-order valence-electron chi connectivity index (χ3n) is 8.19. The zero-order valence-electron chi connectivity index (χ0n) is 21.6. The number of alkyl halides is 3. The van der Waals surface area contributed by atoms with Crippen molar-refractivity contribution < 1.29 is 32.2 Å². The highest BCUT2D eigenvalue weighted by atomic mass is 19.4. The van der Waals surface area contributed by atoms with Crippen LogP contribution in [0, 0.1) is 5.82 Å². The number of hydrogen-bond acceptors (Lipinski definition) is 3. The van der Waals surface area contributed by atoms with E-state index >= 15 is 0 Å². The van der Waals surface area contributed by atoms with Crippen molar-refractivity contribution in [1.82, 2.24) is 4.90 Å². The fourth-order valence-electron chi connectivity index (χ4n) is 6.01. The molecule has 1 aliphatic carbocycles. The molecule has 0 amide bonds. The number of aliphatic carboxylic acids is 1. The summed E-state index contributed by atoms with van der Waals surface area (Å²) in [5.74, 6) is -1.47. The van der Waals surface area contributed by atoms with Crippen LogP contribution in [-0.4, -0.2) is 29.1 Å². The summed E-state index contributed by atoms with van der Waals surface area (Å²) in [5.41, 5.74) is 3.11. The molecule has 206 valence electrons. The highest BCUT2D eigenvalue weighted by Gasteiger charge is 2.41. The molecule has 39 heavy (non-hydrogen) atoms. The van der Waals surface area contributed by atoms with E-state index in [0.717, 1.165) is 50.9 Å². The summed E-state index contributed by atoms with van der Waals surface area (Å²) in [6, 6.07) is 16.9. The fourth-order valence-corrected chi connectivity index (χ4v) is 6.01. The molecule has 3 aromatic carbocycles. The van der Waals surface area contributed by atoms with Crippen LogP contribution < -0.4 is 4.74 Å². The van der Waals surface area contributed by atoms with Gasteiger partial charge in [-0.3, -0.25) is 9.69 Å². The lowest BCUT2D eigenvalue weighted by atomic mass is 9.74. The number of aryl methyl sites for hydroxylation is 2. The Kier molecular flexibility index (Phi) is 7.67. The third kappa shape index (κ3) is 6.11. The molecule has 1 fully saturated rings. The average molecular weight is 542 g/mol. The molecule has 0 saturated carbocycles. The van der Waals surface area contributed by atoms with Crippen molar-refractivity contribution in [2.24, 2.45) is 0 Å². The number of carboxylic acids is 1. The first-order valence-corrected chi connectivity index (χ1v) is 13.3. The predicted octanol–water partition coefficient (Wildman–Crippen LogP) is 6.92. The van der Waals surface area contributed by atoms with Gasteiger partial charge in [-0.25, -0.2) is 4.39 Å². The van der Waals surface area contributed by atoms with E-state index in [1.165, 1.54) is 29.3 Å². The molecule has 1 spiro atoms. The Morgan fingerprint density at radius 1 is 0.974 bits per heavy atom. The minimum atomic E-state index is -4.51. The number of likely N-dealkylation sites (tertiary alicyclic amines) is 1. The summed E-state index contributed by atoms with van der Waals surface area (Å²) < 4.78 is 61.9. The number of nitrogens with zero attached hydrogens (tertiary/aromatic N) is 1. The number of benzene rings is 3. The molecular formula is C31H31F4NO3. The van der Waals surface area contributed by atoms with E-state index < -0.39 is 23.5 Å². The van der Waals surface area contributed by atoms with Gasteiger partial charge in [-0.2, -0.15) is 13.2 Å². The van der Waals surface area contributed by atoms with Crippen molar-refractivity contribution in [3.8, 4) is 5.75 Å². The van der Waals surface area contributed by atoms with Crippen LogP contribution >= 0.6 is 0 Å². The van der Waals surface area contributed by atoms with Crippen LogP contribution in [0.3, 0.4) is 0 Å². The Morgan fingerprint density at radius 2 is 1.72 bits per heavy atom. The SMILES string of the molecule is O=C(O)CCc1ccc(OCc2ccc(CN3CCC4(CCc5ccccc54)CC3)c(C(F)(F)F)c2)cc1F. The van der Waals surface area contributed by atoms with Crippen molar-refractivity contribution in [1.29, 1.82) is 0 Å². The van der Waals surface area contributed by atoms with Crippen LogP contribution in [0.25, 0.3) is 0 Å². The number of halogens is 4. The van der Waals surface area contributed by atoms with Crippen LogP contribution in [0.5, 0.6) is 5.75 Å². The first-order chi connectivity index (χ1) is 18.6. The molecule has 1 N–H and O–H groups in total. The molecule has 1 heterocycles. The number of ether oxygens (including phenoxy) is 1. The lowest BCUT2D eigenvalue weighted by molar-refractivity contribution is -0.139. The van der Waals surface area contributed by atoms with Crippen LogP contribution in [-0.2, 0) is 42.4 Å². The van der Waals surface area contributed by atoms with Gasteiger partial charge >= 0.3 is 12.1 Å². The van der Waals surface area contributed by atoms with Crippen molar-refractivity contribution in [2.75, 3.05) is 13.1 Å². The summed E-state index contributed by atoms with van der Waals surface area (Å²) in [5, 5.41) is 8.77. The van der Waals surface area contributed by atoms with Crippen molar-refractivity contribution in [3.63, 3.8) is 0 Å². The molecule has 3 aromatic rings. The minimum Gasteiger partial charge on any atom is -0.489 e. The van der Waals surface area contributed by atoms with Gasteiger partial charge in [-0.1, -0.05) is 42.5 Å². The number of piperidine rings is 1. The first kappa shape index (κ1) is 27.2. The van der Waals surface area contributed by atoms with Gasteiger partial charge < -0.3 is 9.84 Å². The molecule has 0 atom stereocenters. The number of carbonyl (C=O) groups is 1. The van der Waals surface area contributed by atoms with Crippen molar-refractivity contribution >= 4 is 5.97 Å². The summed E-state index contributed by atoms with van der Waals surface area (Å²) in [4.78, 5) is 12.8. The predicted molar refractivity (Wildman–Crippen MR) is 139 cm³/mol. The van der Waals surface area contributed by atoms with Crippen molar-refractivity contribution in [3.05, 3.63) is 99.9 Å². The van der Waals surface area contributed by atoms with Gasteiger partial charge in [-0.05, 0) is 90.6 Å². The molecule has 0 radical (unpaired) electrons. The second-order valence-electron chi connectivity index (χ2n) is 10.6. The van der Waals surface area contributed by atoms with E-state index in [1.807, 2.05) is 0 Å². The van der Waals surface area contributed by atoms with Crippen LogP contribution in [0.1, 0.15) is 59.1 Å². The molecule has 5 rings (SSSR count). The maximum Gasteiger partial charge on any atom is 0.416 e. The van der Waals surface area contributed by atoms with Crippen LogP contribution in [0.15, 0.2) is 60.7 Å². The van der Waals surface area contributed by atoms with Crippen LogP contribution in [0.2, 0.25) is 0 Å². The number of hydrogen-bond donors (Lipinski definition) is 1. The molecule has 0 unspecified atom stereocenters. The Bertz CT molecular complexity index is 1350. The normalized spacial score (nSPS) is 16.8. The van der Waals surface area contributed by atoms with Gasteiger partial charge in [0.25, 0.3) is 0 Å². The first-order valence-electron chi connectivity index (χ1n) is 13.3. The molecule has 0 aromatic heterocycles. The van der Waals surface area contributed by atoms with Gasteiger partial charge in [-0.15, -0.1) is 0 Å². The zero-order valence-corrected chi connectivity index (χ0v) is 21.6. The third-order valence-corrected chi connectivity index (χ3v) is 8.19. The smallest absolute Gasteiger partial charge is 0.416 e. The molecule has 2 aliphatic rings. The highest BCUT2D eigenvalue weighted by molar-refractivity contribution is 5.67. The quantitative estimate of drug-likeness (QED) is 0.315. The van der Waals surface area contributed by atoms with Gasteiger partial charge in [0, 0.05) is 19.0 Å². The van der Waals surface area contributed by atoms with Gasteiger partial charge in [0.2, 0.25) is 0 Å². The van der Waals surface area contributed by atoms with E-state index in [2.05, 4.69) is 29.2 Å². The van der Waals surface area contributed by atoms with E-state index in [4.69, 9.17) is 9.84 Å². The van der Waals surface area contributed by atoms with E-state index in [9.17, 15) is 22.4 Å². The topological polar surface area (TPSA) is 49.8 Å². The zero-order chi connectivity index (χ0) is 27.6. The minimum absolute atomic E-state index is 0.0448. The lowest BCUT2D eigenvalue weighted by Gasteiger charge is -2.40. The standard InChI is InChI=1S/C31H31F4NO3/c32-28-18-25(9-7-23(28)8-10-29(37)38)39-20-21-5-6-24(27(17-21)31(33,34)35)19-36-15-13-30(14-16-36)12-11-22-3-1-2-4-26(22)30/h1-7,9,17-18H,8,10-16,19-20H2,(H,37,38). The van der Waals surface area contributed by atoms with E-state index in [0.29, 0.717) is 5.56 Å². The summed E-state index contributed by atoms with van der Waals surface area (Å²) in [6.45, 7) is 1.59. The van der Waals surface area contributed by atoms with Gasteiger partial charge in [0.05, 0.1) is 5.56 Å². The van der Waals surface area contributed by atoms with Crippen LogP contribution in [0.4, 0.5) is 17.6 Å². The number of rotatable bonds is 8. The second kappa shape index (κ2) is 11.0. The fraction of sp³-hybridized carbons (Fsp3) is 0.387. The molecular weight excluding hydrogens is 510 g/mol. The Labute approximate surface area is 225 Å². The largest absolute Gasteiger partial charge is 0.489 e. The molecule has 8 heteroatoms. The number of carboxylic acid groups (broad SMARTS) is 1. The Hall–Kier alpha value is -3.39. The summed E-state index contributed by atoms with van der Waals surface area (Å²) in [6.07, 6.45) is -0.591.